The molecule has 1 aliphatic rings. The summed E-state index contributed by atoms with van der Waals surface area (Å²) < 4.78 is 1.93. The number of anilines is 1. The normalized spacial score (nSPS) is 19.5. The van der Waals surface area contributed by atoms with Gasteiger partial charge in [-0.05, 0) is 0 Å². The molecular formula is C10H10BrN3OSe. The first kappa shape index (κ1) is 11.7. The van der Waals surface area contributed by atoms with Crippen LogP contribution in [0.5, 0.6) is 0 Å². The maximum absolute atomic E-state index is 10.3. The van der Waals surface area contributed by atoms with Gasteiger partial charge in [-0.15, -0.1) is 0 Å². The molecule has 1 aromatic rings. The number of rotatable bonds is 3. The van der Waals surface area contributed by atoms with E-state index >= 15 is 0 Å². The predicted octanol–water partition coefficient (Wildman–Crippen LogP) is 0.761. The molecule has 1 unspecified atom stereocenters. The quantitative estimate of drug-likeness (QED) is 0.627. The molecule has 1 amide bonds. The zero-order chi connectivity index (χ0) is 11.5. The van der Waals surface area contributed by atoms with Crippen molar-refractivity contribution in [2.45, 2.75) is 5.06 Å². The molecule has 0 aliphatic carbocycles. The topological polar surface area (TPSA) is 58.4 Å². The van der Waals surface area contributed by atoms with Crippen LogP contribution in [0, 0.1) is 0 Å². The van der Waals surface area contributed by atoms with Gasteiger partial charge in [-0.2, -0.15) is 0 Å². The van der Waals surface area contributed by atoms with E-state index in [4.69, 9.17) is 5.73 Å². The van der Waals surface area contributed by atoms with E-state index in [-0.39, 0.29) is 20.0 Å². The predicted molar refractivity (Wildman–Crippen MR) is 67.6 cm³/mol. The number of nitrogens with zero attached hydrogens (tertiary/aromatic N) is 1. The Kier molecular flexibility index (Phi) is 3.66. The van der Waals surface area contributed by atoms with Gasteiger partial charge in [-0.25, -0.2) is 0 Å². The summed E-state index contributed by atoms with van der Waals surface area (Å²) >= 11 is 3.46. The zero-order valence-corrected chi connectivity index (χ0v) is 11.6. The Bertz CT molecular complexity index is 421. The van der Waals surface area contributed by atoms with Gasteiger partial charge in [0.05, 0.1) is 0 Å². The molecule has 6 heteroatoms. The molecule has 1 atom stereocenters. The van der Waals surface area contributed by atoms with Crippen LogP contribution in [0.3, 0.4) is 0 Å². The third-order valence-corrected chi connectivity index (χ3v) is 4.62. The van der Waals surface area contributed by atoms with Gasteiger partial charge in [0.1, 0.15) is 0 Å². The van der Waals surface area contributed by atoms with Gasteiger partial charge in [-0.1, -0.05) is 0 Å². The van der Waals surface area contributed by atoms with Crippen molar-refractivity contribution in [3.8, 4) is 0 Å². The van der Waals surface area contributed by atoms with Crippen molar-refractivity contribution in [1.82, 2.24) is 5.32 Å². The molecule has 1 aliphatic heterocycles. The Morgan fingerprint density at radius 2 is 2.12 bits per heavy atom. The number of halogens is 1. The van der Waals surface area contributed by atoms with Crippen molar-refractivity contribution in [3.05, 3.63) is 39.5 Å². The molecule has 0 saturated carbocycles. The number of nitrogens with two attached hydrogens (primary N) is 1. The van der Waals surface area contributed by atoms with Gasteiger partial charge in [-0.3, -0.25) is 0 Å². The number of benzene rings is 1. The second kappa shape index (κ2) is 5.01. The Morgan fingerprint density at radius 3 is 2.75 bits per heavy atom. The van der Waals surface area contributed by atoms with E-state index < -0.39 is 0 Å². The minimum absolute atomic E-state index is 0.0591. The summed E-state index contributed by atoms with van der Waals surface area (Å²) in [5.41, 5.74) is 7.03. The van der Waals surface area contributed by atoms with Crippen LogP contribution in [0.4, 0.5) is 5.69 Å². The van der Waals surface area contributed by atoms with Crippen LogP contribution in [0.2, 0.25) is 0 Å². The van der Waals surface area contributed by atoms with Crippen molar-refractivity contribution in [3.63, 3.8) is 0 Å². The van der Waals surface area contributed by atoms with E-state index in [2.05, 4.69) is 21.2 Å². The van der Waals surface area contributed by atoms with E-state index in [9.17, 15) is 4.79 Å². The molecule has 0 radical (unpaired) electrons. The first-order valence-corrected chi connectivity index (χ1v) is 7.23. The molecule has 0 saturated heterocycles. The van der Waals surface area contributed by atoms with E-state index in [1.165, 1.54) is 0 Å². The van der Waals surface area contributed by atoms with Crippen LogP contribution in [-0.2, 0) is 4.79 Å². The van der Waals surface area contributed by atoms with E-state index in [0.29, 0.717) is 6.41 Å². The standard InChI is InChI=1S/C10H10BrN3OSe/c11-7-1-3-8(4-2-7)14-5-9(13-6-15)16-10(14)12/h1-6,10H,12H2,(H,13,15). The minimum atomic E-state index is -0.0591. The second-order valence-corrected chi connectivity index (χ2v) is 6.49. The summed E-state index contributed by atoms with van der Waals surface area (Å²) in [5.74, 6) is 0. The third kappa shape index (κ3) is 2.47. The first-order valence-electron chi connectivity index (χ1n) is 4.59. The number of amides is 1. The average Bonchev–Trinajstić information content (AvgIpc) is 2.61. The number of hydrogen-bond donors (Lipinski definition) is 2. The van der Waals surface area contributed by atoms with Crippen LogP contribution in [0.1, 0.15) is 0 Å². The Balaban J connectivity index is 2.20. The van der Waals surface area contributed by atoms with Crippen LogP contribution in [-0.4, -0.2) is 26.4 Å². The van der Waals surface area contributed by atoms with E-state index in [0.717, 1.165) is 14.8 Å². The fourth-order valence-corrected chi connectivity index (χ4v) is 3.42. The molecule has 0 spiro atoms. The monoisotopic (exact) mass is 347 g/mol. The van der Waals surface area contributed by atoms with Crippen molar-refractivity contribution >= 4 is 43.0 Å². The molecule has 0 fully saturated rings. The van der Waals surface area contributed by atoms with Crippen LogP contribution < -0.4 is 16.0 Å². The number of hydrogen-bond acceptors (Lipinski definition) is 3. The molecule has 0 aromatic heterocycles. The van der Waals surface area contributed by atoms with Gasteiger partial charge in [0, 0.05) is 0 Å². The zero-order valence-electron chi connectivity index (χ0n) is 8.26. The third-order valence-electron chi connectivity index (χ3n) is 2.10. The fraction of sp³-hybridized carbons (Fsp3) is 0.100. The van der Waals surface area contributed by atoms with Crippen LogP contribution >= 0.6 is 15.9 Å². The molecule has 84 valence electrons. The Hall–Kier alpha value is -0.811. The van der Waals surface area contributed by atoms with Gasteiger partial charge in [0.15, 0.2) is 0 Å². The number of carbonyl (C=O) groups is 1. The van der Waals surface area contributed by atoms with Gasteiger partial charge >= 0.3 is 108 Å². The second-order valence-electron chi connectivity index (χ2n) is 3.15. The van der Waals surface area contributed by atoms with Gasteiger partial charge in [0.25, 0.3) is 0 Å². The fourth-order valence-electron chi connectivity index (χ4n) is 1.38. The van der Waals surface area contributed by atoms with E-state index in [1.54, 1.807) is 0 Å². The Morgan fingerprint density at radius 1 is 1.44 bits per heavy atom. The summed E-state index contributed by atoms with van der Waals surface area (Å²) in [6.45, 7) is 0. The summed E-state index contributed by atoms with van der Waals surface area (Å²) in [7, 11) is 0. The average molecular weight is 347 g/mol. The van der Waals surface area contributed by atoms with Crippen molar-refractivity contribution < 1.29 is 4.79 Å². The summed E-state index contributed by atoms with van der Waals surface area (Å²) in [6.07, 6.45) is 2.58. The SMILES string of the molecule is NC1[Se]C(NC=O)=CN1c1ccc(Br)cc1. The van der Waals surface area contributed by atoms with Crippen LogP contribution in [0.25, 0.3) is 0 Å². The molecule has 1 aromatic carbocycles. The molecule has 1 heterocycles. The molecule has 2 rings (SSSR count). The molecule has 0 bridgehead atoms. The molecular weight excluding hydrogens is 337 g/mol. The molecule has 4 nitrogen and oxygen atoms in total. The molecule has 3 N–H and O–H groups in total. The number of carbonyl (C=O) groups excluding carboxylic acids is 1. The maximum atomic E-state index is 10.3. The Labute approximate surface area is 108 Å². The summed E-state index contributed by atoms with van der Waals surface area (Å²) in [4.78, 5) is 12.3. The van der Waals surface area contributed by atoms with E-state index in [1.807, 2.05) is 35.4 Å². The van der Waals surface area contributed by atoms with Gasteiger partial charge in [0.2, 0.25) is 0 Å². The van der Waals surface area contributed by atoms with Gasteiger partial charge < -0.3 is 0 Å². The first-order chi connectivity index (χ1) is 7.70. The number of nitrogens with one attached hydrogen (secondary N) is 1. The van der Waals surface area contributed by atoms with Crippen molar-refractivity contribution in [1.29, 1.82) is 0 Å². The van der Waals surface area contributed by atoms with Crippen LogP contribution in [0.15, 0.2) is 39.5 Å². The van der Waals surface area contributed by atoms with Crippen molar-refractivity contribution in [2.75, 3.05) is 4.90 Å². The summed E-state index contributed by atoms with van der Waals surface area (Å²) in [6, 6.07) is 7.91. The molecule has 16 heavy (non-hydrogen) atoms. The van der Waals surface area contributed by atoms with Crippen molar-refractivity contribution in [2.24, 2.45) is 5.73 Å². The summed E-state index contributed by atoms with van der Waals surface area (Å²) in [5, 5.41) is 2.60.